The number of nitrogens with zero attached hydrogens (tertiary/aromatic N) is 1. The maximum absolute atomic E-state index is 6.42. The lowest BCUT2D eigenvalue weighted by molar-refractivity contribution is 0.277. The van der Waals surface area contributed by atoms with Gasteiger partial charge in [0.05, 0.1) is 39.3 Å². The van der Waals surface area contributed by atoms with Crippen molar-refractivity contribution in [3.8, 4) is 22.9 Å². The van der Waals surface area contributed by atoms with Gasteiger partial charge < -0.3 is 14.5 Å². The maximum atomic E-state index is 6.42. The van der Waals surface area contributed by atoms with Gasteiger partial charge in [-0.3, -0.25) is 0 Å². The van der Waals surface area contributed by atoms with Gasteiger partial charge >= 0.3 is 0 Å². The highest BCUT2D eigenvalue weighted by molar-refractivity contribution is 6.42. The quantitative estimate of drug-likeness (QED) is 0.523. The first kappa shape index (κ1) is 18.2. The predicted molar refractivity (Wildman–Crippen MR) is 104 cm³/mol. The predicted octanol–water partition coefficient (Wildman–Crippen LogP) is 6.38. The van der Waals surface area contributed by atoms with Gasteiger partial charge in [-0.2, -0.15) is 0 Å². The van der Waals surface area contributed by atoms with E-state index in [-0.39, 0.29) is 0 Å². The molecule has 3 aromatic rings. The molecule has 2 aromatic carbocycles. The Morgan fingerprint density at radius 2 is 1.72 bits per heavy atom. The molecule has 3 rings (SSSR count). The molecule has 0 atom stereocenters. The maximum Gasteiger partial charge on any atom is 0.179 e. The number of fused-ring (bicyclic) bond motifs is 1. The Labute approximate surface area is 161 Å². The van der Waals surface area contributed by atoms with Crippen LogP contribution >= 0.6 is 34.8 Å². The van der Waals surface area contributed by atoms with E-state index in [9.17, 15) is 0 Å². The Bertz CT molecular complexity index is 870. The molecule has 0 spiro atoms. The number of ether oxygens (including phenoxy) is 2. The topological polar surface area (TPSA) is 47.1 Å². The summed E-state index contributed by atoms with van der Waals surface area (Å²) < 4.78 is 11.4. The third-order valence-corrected chi connectivity index (χ3v) is 4.56. The van der Waals surface area contributed by atoms with Crippen molar-refractivity contribution in [2.24, 2.45) is 0 Å². The number of nitrogens with one attached hydrogen (secondary N) is 1. The van der Waals surface area contributed by atoms with Crippen molar-refractivity contribution in [1.29, 1.82) is 0 Å². The summed E-state index contributed by atoms with van der Waals surface area (Å²) in [6.07, 6.45) is 0.884. The highest BCUT2D eigenvalue weighted by atomic mass is 35.5. The third kappa shape index (κ3) is 3.81. The molecule has 25 heavy (non-hydrogen) atoms. The minimum absolute atomic E-state index is 0.462. The largest absolute Gasteiger partial charge is 0.490 e. The van der Waals surface area contributed by atoms with Gasteiger partial charge in [-0.15, -0.1) is 0 Å². The van der Waals surface area contributed by atoms with E-state index in [1.54, 1.807) is 18.2 Å². The first-order valence-corrected chi connectivity index (χ1v) is 9.11. The smallest absolute Gasteiger partial charge is 0.179 e. The monoisotopic (exact) mass is 398 g/mol. The van der Waals surface area contributed by atoms with E-state index in [4.69, 9.17) is 44.3 Å². The average Bonchev–Trinajstić information content (AvgIpc) is 2.97. The van der Waals surface area contributed by atoms with E-state index >= 15 is 0 Å². The first-order chi connectivity index (χ1) is 12.0. The molecule has 0 aliphatic carbocycles. The van der Waals surface area contributed by atoms with Gasteiger partial charge in [0.25, 0.3) is 0 Å². The number of rotatable bonds is 6. The fraction of sp³-hybridized carbons (Fsp3) is 0.278. The molecular formula is C18H17Cl3N2O2. The van der Waals surface area contributed by atoms with Crippen molar-refractivity contribution in [3.63, 3.8) is 0 Å². The van der Waals surface area contributed by atoms with Crippen LogP contribution in [0.25, 0.3) is 22.4 Å². The van der Waals surface area contributed by atoms with E-state index in [0.717, 1.165) is 23.0 Å². The molecule has 132 valence electrons. The van der Waals surface area contributed by atoms with E-state index < -0.39 is 0 Å². The van der Waals surface area contributed by atoms with Gasteiger partial charge in [-0.1, -0.05) is 41.7 Å². The van der Waals surface area contributed by atoms with Crippen LogP contribution in [0.1, 0.15) is 20.3 Å². The SMILES string of the molecule is CCCOc1c(Cl)cc(-c2nc3cc(Cl)c(Cl)cc3[nH]2)cc1OCC. The van der Waals surface area contributed by atoms with Crippen LogP contribution in [0.3, 0.4) is 0 Å². The molecule has 1 aromatic heterocycles. The van der Waals surface area contributed by atoms with Crippen LogP contribution in [0.2, 0.25) is 15.1 Å². The van der Waals surface area contributed by atoms with Crippen LogP contribution in [0.5, 0.6) is 11.5 Å². The summed E-state index contributed by atoms with van der Waals surface area (Å²) >= 11 is 18.5. The number of imidazole rings is 1. The van der Waals surface area contributed by atoms with Crippen molar-refractivity contribution in [2.45, 2.75) is 20.3 Å². The number of benzene rings is 2. The fourth-order valence-electron chi connectivity index (χ4n) is 2.45. The van der Waals surface area contributed by atoms with Crippen molar-refractivity contribution in [2.75, 3.05) is 13.2 Å². The summed E-state index contributed by atoms with van der Waals surface area (Å²) in [4.78, 5) is 7.80. The number of halogens is 3. The summed E-state index contributed by atoms with van der Waals surface area (Å²) in [6.45, 7) is 5.02. The molecule has 0 amide bonds. The average molecular weight is 400 g/mol. The van der Waals surface area contributed by atoms with Gasteiger partial charge in [0.2, 0.25) is 0 Å². The molecule has 0 aliphatic heterocycles. The van der Waals surface area contributed by atoms with Crippen LogP contribution in [0.15, 0.2) is 24.3 Å². The van der Waals surface area contributed by atoms with E-state index in [1.165, 1.54) is 0 Å². The zero-order chi connectivity index (χ0) is 18.0. The Morgan fingerprint density at radius 1 is 0.960 bits per heavy atom. The molecule has 0 bridgehead atoms. The lowest BCUT2D eigenvalue weighted by atomic mass is 10.2. The molecule has 4 nitrogen and oxygen atoms in total. The van der Waals surface area contributed by atoms with E-state index in [2.05, 4.69) is 9.97 Å². The zero-order valence-electron chi connectivity index (χ0n) is 13.8. The Balaban J connectivity index is 2.07. The number of aromatic nitrogens is 2. The summed E-state index contributed by atoms with van der Waals surface area (Å²) in [6, 6.07) is 7.14. The van der Waals surface area contributed by atoms with Crippen molar-refractivity contribution < 1.29 is 9.47 Å². The molecule has 0 fully saturated rings. The van der Waals surface area contributed by atoms with Gasteiger partial charge in [0.15, 0.2) is 11.5 Å². The summed E-state index contributed by atoms with van der Waals surface area (Å²) in [5.41, 5.74) is 2.32. The van der Waals surface area contributed by atoms with Crippen LogP contribution in [0, 0.1) is 0 Å². The normalized spacial score (nSPS) is 11.1. The minimum Gasteiger partial charge on any atom is -0.490 e. The standard InChI is InChI=1S/C18H17Cl3N2O2/c1-3-5-25-17-13(21)6-10(7-16(17)24-4-2)18-22-14-8-11(19)12(20)9-15(14)23-18/h6-9H,3-5H2,1-2H3,(H,22,23). The highest BCUT2D eigenvalue weighted by Crippen LogP contribution is 2.40. The van der Waals surface area contributed by atoms with Gasteiger partial charge in [0, 0.05) is 5.56 Å². The first-order valence-electron chi connectivity index (χ1n) is 7.97. The molecule has 1 heterocycles. The molecular weight excluding hydrogens is 383 g/mol. The molecule has 0 aliphatic rings. The number of hydrogen-bond acceptors (Lipinski definition) is 3. The lowest BCUT2D eigenvalue weighted by Crippen LogP contribution is -2.01. The van der Waals surface area contributed by atoms with Crippen LogP contribution in [-0.2, 0) is 0 Å². The molecule has 0 unspecified atom stereocenters. The van der Waals surface area contributed by atoms with E-state index in [1.807, 2.05) is 19.9 Å². The van der Waals surface area contributed by atoms with Crippen LogP contribution in [0.4, 0.5) is 0 Å². The minimum atomic E-state index is 0.462. The number of hydrogen-bond donors (Lipinski definition) is 1. The molecule has 0 saturated heterocycles. The summed E-state index contributed by atoms with van der Waals surface area (Å²) in [5, 5.41) is 1.41. The Morgan fingerprint density at radius 3 is 2.44 bits per heavy atom. The molecule has 1 N–H and O–H groups in total. The lowest BCUT2D eigenvalue weighted by Gasteiger charge is -2.14. The second-order valence-electron chi connectivity index (χ2n) is 5.44. The second-order valence-corrected chi connectivity index (χ2v) is 6.66. The van der Waals surface area contributed by atoms with E-state index in [0.29, 0.717) is 45.6 Å². The van der Waals surface area contributed by atoms with Gasteiger partial charge in [0.1, 0.15) is 5.82 Å². The summed E-state index contributed by atoms with van der Waals surface area (Å²) in [7, 11) is 0. The summed E-state index contributed by atoms with van der Waals surface area (Å²) in [5.74, 6) is 1.80. The van der Waals surface area contributed by atoms with Gasteiger partial charge in [-0.05, 0) is 37.6 Å². The zero-order valence-corrected chi connectivity index (χ0v) is 16.1. The second kappa shape index (κ2) is 7.73. The fourth-order valence-corrected chi connectivity index (χ4v) is 3.04. The van der Waals surface area contributed by atoms with Crippen molar-refractivity contribution in [3.05, 3.63) is 39.3 Å². The van der Waals surface area contributed by atoms with Crippen molar-refractivity contribution in [1.82, 2.24) is 9.97 Å². The van der Waals surface area contributed by atoms with Crippen LogP contribution in [-0.4, -0.2) is 23.2 Å². The van der Waals surface area contributed by atoms with Crippen LogP contribution < -0.4 is 9.47 Å². The van der Waals surface area contributed by atoms with Crippen molar-refractivity contribution >= 4 is 45.8 Å². The molecule has 0 saturated carbocycles. The third-order valence-electron chi connectivity index (χ3n) is 3.56. The Hall–Kier alpha value is -1.62. The molecule has 0 radical (unpaired) electrons. The Kier molecular flexibility index (Phi) is 5.62. The number of aromatic amines is 1. The molecule has 7 heteroatoms. The van der Waals surface area contributed by atoms with Gasteiger partial charge in [-0.25, -0.2) is 4.98 Å². The number of H-pyrrole nitrogens is 1. The highest BCUT2D eigenvalue weighted by Gasteiger charge is 2.16.